The minimum absolute atomic E-state index is 0.108. The molecule has 0 radical (unpaired) electrons. The Kier molecular flexibility index (Phi) is 6.60. The molecule has 0 unspecified atom stereocenters. The van der Waals surface area contributed by atoms with Crippen LogP contribution in [-0.2, 0) is 20.7 Å². The third-order valence-electron chi connectivity index (χ3n) is 4.76. The summed E-state index contributed by atoms with van der Waals surface area (Å²) in [5, 5.41) is 2.76. The highest BCUT2D eigenvalue weighted by Gasteiger charge is 2.27. The Balaban J connectivity index is 1.75. The zero-order valence-electron chi connectivity index (χ0n) is 15.7. The molecule has 0 atom stereocenters. The molecule has 0 saturated carbocycles. The molecular formula is C22H26N2O3. The van der Waals surface area contributed by atoms with Crippen molar-refractivity contribution in [3.8, 4) is 0 Å². The lowest BCUT2D eigenvalue weighted by molar-refractivity contribution is -0.119. The van der Waals surface area contributed by atoms with Crippen LogP contribution in [0.3, 0.4) is 0 Å². The maximum Gasteiger partial charge on any atom is 0.227 e. The molecule has 1 aliphatic rings. The van der Waals surface area contributed by atoms with Gasteiger partial charge in [-0.2, -0.15) is 0 Å². The summed E-state index contributed by atoms with van der Waals surface area (Å²) in [6.07, 6.45) is 2.87. The number of hydrogen-bond donors (Lipinski definition) is 1. The fourth-order valence-corrected chi connectivity index (χ4v) is 3.43. The molecule has 1 fully saturated rings. The van der Waals surface area contributed by atoms with E-state index in [1.54, 1.807) is 0 Å². The van der Waals surface area contributed by atoms with Crippen LogP contribution in [0.4, 0.5) is 11.4 Å². The summed E-state index contributed by atoms with van der Waals surface area (Å²) in [7, 11) is 0. The Labute approximate surface area is 160 Å². The number of nitrogens with zero attached hydrogens (tertiary/aromatic N) is 1. The smallest absolute Gasteiger partial charge is 0.227 e. The van der Waals surface area contributed by atoms with Crippen LogP contribution in [0.2, 0.25) is 0 Å². The summed E-state index contributed by atoms with van der Waals surface area (Å²) in [6, 6.07) is 17.7. The molecule has 2 amide bonds. The molecule has 0 bridgehead atoms. The van der Waals surface area contributed by atoms with Crippen LogP contribution in [-0.4, -0.2) is 31.1 Å². The Morgan fingerprint density at radius 3 is 2.33 bits per heavy atom. The van der Waals surface area contributed by atoms with Crippen LogP contribution in [0, 0.1) is 0 Å². The van der Waals surface area contributed by atoms with E-state index in [0.717, 1.165) is 30.6 Å². The van der Waals surface area contributed by atoms with E-state index < -0.39 is 0 Å². The zero-order valence-corrected chi connectivity index (χ0v) is 15.7. The molecule has 2 aromatic carbocycles. The minimum atomic E-state index is -0.108. The summed E-state index contributed by atoms with van der Waals surface area (Å²) in [6.45, 7) is 2.84. The minimum Gasteiger partial charge on any atom is -0.381 e. The molecule has 1 heterocycles. The van der Waals surface area contributed by atoms with E-state index in [-0.39, 0.29) is 17.9 Å². The topological polar surface area (TPSA) is 58.6 Å². The van der Waals surface area contributed by atoms with Crippen LogP contribution in [0.5, 0.6) is 0 Å². The highest BCUT2D eigenvalue weighted by Crippen LogP contribution is 2.26. The summed E-state index contributed by atoms with van der Waals surface area (Å²) >= 11 is 0. The predicted octanol–water partition coefficient (Wildman–Crippen LogP) is 3.79. The number of benzene rings is 2. The maximum absolute atomic E-state index is 13.1. The molecule has 142 valence electrons. The molecule has 3 rings (SSSR count). The number of hydrogen-bond acceptors (Lipinski definition) is 3. The van der Waals surface area contributed by atoms with E-state index in [1.807, 2.05) is 59.5 Å². The molecular weight excluding hydrogens is 340 g/mol. The van der Waals surface area contributed by atoms with Gasteiger partial charge in [0.05, 0.1) is 0 Å². The predicted molar refractivity (Wildman–Crippen MR) is 107 cm³/mol. The molecule has 0 aliphatic carbocycles. The van der Waals surface area contributed by atoms with E-state index in [4.69, 9.17) is 4.74 Å². The van der Waals surface area contributed by atoms with Gasteiger partial charge in [-0.1, -0.05) is 30.3 Å². The maximum atomic E-state index is 13.1. The number of nitrogens with one attached hydrogen (secondary N) is 1. The number of rotatable bonds is 6. The van der Waals surface area contributed by atoms with Gasteiger partial charge < -0.3 is 15.0 Å². The second kappa shape index (κ2) is 9.33. The first-order chi connectivity index (χ1) is 13.1. The first kappa shape index (κ1) is 19.1. The van der Waals surface area contributed by atoms with Crippen molar-refractivity contribution in [1.82, 2.24) is 0 Å². The molecule has 2 aromatic rings. The van der Waals surface area contributed by atoms with Gasteiger partial charge in [0.15, 0.2) is 0 Å². The van der Waals surface area contributed by atoms with Gasteiger partial charge in [0, 0.05) is 44.0 Å². The van der Waals surface area contributed by atoms with Gasteiger partial charge in [0.2, 0.25) is 11.8 Å². The van der Waals surface area contributed by atoms with Gasteiger partial charge in [0.1, 0.15) is 0 Å². The van der Waals surface area contributed by atoms with Crippen LogP contribution in [0.15, 0.2) is 54.6 Å². The Morgan fingerprint density at radius 2 is 1.70 bits per heavy atom. The Morgan fingerprint density at radius 1 is 1.04 bits per heavy atom. The molecule has 0 aromatic heterocycles. The quantitative estimate of drug-likeness (QED) is 0.846. The van der Waals surface area contributed by atoms with Gasteiger partial charge >= 0.3 is 0 Å². The van der Waals surface area contributed by atoms with Crippen LogP contribution in [0.1, 0.15) is 31.7 Å². The lowest BCUT2D eigenvalue weighted by atomic mass is 10.0. The number of anilines is 2. The summed E-state index contributed by atoms with van der Waals surface area (Å²) < 4.78 is 5.47. The van der Waals surface area contributed by atoms with E-state index in [1.165, 1.54) is 12.5 Å². The van der Waals surface area contributed by atoms with Crippen molar-refractivity contribution in [3.63, 3.8) is 0 Å². The third kappa shape index (κ3) is 5.41. The summed E-state index contributed by atoms with van der Waals surface area (Å²) in [4.78, 5) is 26.2. The summed E-state index contributed by atoms with van der Waals surface area (Å²) in [5.41, 5.74) is 2.77. The van der Waals surface area contributed by atoms with Gasteiger partial charge in [-0.05, 0) is 49.1 Å². The highest BCUT2D eigenvalue weighted by atomic mass is 16.5. The largest absolute Gasteiger partial charge is 0.381 e. The zero-order chi connectivity index (χ0) is 19.1. The van der Waals surface area contributed by atoms with Gasteiger partial charge in [-0.15, -0.1) is 0 Å². The second-order valence-corrected chi connectivity index (χ2v) is 6.82. The number of aryl methyl sites for hydroxylation is 1. The standard InChI is InChI=1S/C22H26N2O3/c1-17(25)23-19-8-10-20(11-9-19)24(21-13-15-27-16-14-21)22(26)12-7-18-5-3-2-4-6-18/h2-6,8-11,21H,7,12-16H2,1H3,(H,23,25). The third-order valence-corrected chi connectivity index (χ3v) is 4.76. The molecule has 1 N–H and O–H groups in total. The van der Waals surface area contributed by atoms with Crippen molar-refractivity contribution in [1.29, 1.82) is 0 Å². The first-order valence-corrected chi connectivity index (χ1v) is 9.45. The molecule has 5 nitrogen and oxygen atoms in total. The molecule has 5 heteroatoms. The van der Waals surface area contributed by atoms with Gasteiger partial charge in [-0.25, -0.2) is 0 Å². The lowest BCUT2D eigenvalue weighted by Crippen LogP contribution is -2.43. The van der Waals surface area contributed by atoms with E-state index in [2.05, 4.69) is 5.32 Å². The Bertz CT molecular complexity index is 753. The van der Waals surface area contributed by atoms with Crippen LogP contribution < -0.4 is 10.2 Å². The van der Waals surface area contributed by atoms with Crippen molar-refractivity contribution in [3.05, 3.63) is 60.2 Å². The number of ether oxygens (including phenoxy) is 1. The molecule has 1 saturated heterocycles. The van der Waals surface area contributed by atoms with Crippen molar-refractivity contribution in [2.75, 3.05) is 23.4 Å². The van der Waals surface area contributed by atoms with Gasteiger partial charge in [-0.3, -0.25) is 9.59 Å². The molecule has 27 heavy (non-hydrogen) atoms. The van der Waals surface area contributed by atoms with E-state index in [9.17, 15) is 9.59 Å². The SMILES string of the molecule is CC(=O)Nc1ccc(N(C(=O)CCc2ccccc2)C2CCOCC2)cc1. The Hall–Kier alpha value is -2.66. The van der Waals surface area contributed by atoms with Crippen molar-refractivity contribution in [2.24, 2.45) is 0 Å². The molecule has 1 aliphatic heterocycles. The number of amides is 2. The summed E-state index contributed by atoms with van der Waals surface area (Å²) in [5.74, 6) is 0.0148. The van der Waals surface area contributed by atoms with Crippen molar-refractivity contribution < 1.29 is 14.3 Å². The van der Waals surface area contributed by atoms with E-state index in [0.29, 0.717) is 19.6 Å². The van der Waals surface area contributed by atoms with E-state index >= 15 is 0 Å². The fourth-order valence-electron chi connectivity index (χ4n) is 3.43. The fraction of sp³-hybridized carbons (Fsp3) is 0.364. The normalized spacial score (nSPS) is 14.6. The van der Waals surface area contributed by atoms with Gasteiger partial charge in [0.25, 0.3) is 0 Å². The average Bonchev–Trinajstić information content (AvgIpc) is 2.69. The number of carbonyl (C=O) groups excluding carboxylic acids is 2. The number of carbonyl (C=O) groups is 2. The first-order valence-electron chi connectivity index (χ1n) is 9.45. The second-order valence-electron chi connectivity index (χ2n) is 6.82. The van der Waals surface area contributed by atoms with Crippen molar-refractivity contribution in [2.45, 2.75) is 38.6 Å². The highest BCUT2D eigenvalue weighted by molar-refractivity contribution is 5.95. The van der Waals surface area contributed by atoms with Crippen LogP contribution >= 0.6 is 0 Å². The lowest BCUT2D eigenvalue weighted by Gasteiger charge is -2.34. The monoisotopic (exact) mass is 366 g/mol. The molecule has 0 spiro atoms. The van der Waals surface area contributed by atoms with Crippen LogP contribution in [0.25, 0.3) is 0 Å². The van der Waals surface area contributed by atoms with Crippen molar-refractivity contribution >= 4 is 23.2 Å². The average molecular weight is 366 g/mol.